The minimum absolute atomic E-state index is 0.374. The molecule has 0 aliphatic rings. The van der Waals surface area contributed by atoms with Crippen molar-refractivity contribution < 1.29 is 25.2 Å². The molecular weight excluding hydrogens is 971 g/mol. The van der Waals surface area contributed by atoms with Crippen molar-refractivity contribution in [3.8, 4) is 0 Å². The summed E-state index contributed by atoms with van der Waals surface area (Å²) < 4.78 is 0. The summed E-state index contributed by atoms with van der Waals surface area (Å²) in [6, 6.07) is -0.984. The molecule has 6 heteroatoms. The van der Waals surface area contributed by atoms with Crippen molar-refractivity contribution in [3.05, 3.63) is 12.2 Å². The fourth-order valence-corrected chi connectivity index (χ4v) is 12.1. The van der Waals surface area contributed by atoms with Gasteiger partial charge in [-0.15, -0.1) is 0 Å². The first-order valence-corrected chi connectivity index (χ1v) is 36.6. The average Bonchev–Trinajstić information content (AvgIpc) is 3.45. The van der Waals surface area contributed by atoms with Gasteiger partial charge in [-0.2, -0.15) is 0 Å². The number of nitrogens with one attached hydrogen (secondary N) is 1. The zero-order valence-corrected chi connectivity index (χ0v) is 53.9. The van der Waals surface area contributed by atoms with Gasteiger partial charge in [-0.3, -0.25) is 4.79 Å². The van der Waals surface area contributed by atoms with Crippen LogP contribution in [0.25, 0.3) is 0 Å². The van der Waals surface area contributed by atoms with Gasteiger partial charge in [-0.1, -0.05) is 392 Å². The van der Waals surface area contributed by atoms with Crippen molar-refractivity contribution in [2.75, 3.05) is 6.61 Å². The molecule has 0 aromatic heterocycles. The number of rotatable bonds is 69. The smallest absolute Gasteiger partial charge is 0.249 e. The number of hydrogen-bond donors (Lipinski definition) is 5. The van der Waals surface area contributed by atoms with E-state index in [2.05, 4.69) is 31.3 Å². The number of hydrogen-bond acceptors (Lipinski definition) is 5. The summed E-state index contributed by atoms with van der Waals surface area (Å²) in [7, 11) is 0. The Kier molecular flexibility index (Phi) is 67.0. The summed E-state index contributed by atoms with van der Waals surface area (Å²) in [4.78, 5) is 12.7. The average molecular weight is 1120 g/mol. The third-order valence-electron chi connectivity index (χ3n) is 17.7. The number of carbonyl (C=O) groups is 1. The monoisotopic (exact) mass is 1120 g/mol. The second-order valence-electron chi connectivity index (χ2n) is 25.7. The maximum absolute atomic E-state index is 12.7. The molecule has 0 aromatic carbocycles. The molecule has 79 heavy (non-hydrogen) atoms. The summed E-state index contributed by atoms with van der Waals surface area (Å²) in [5.74, 6) is -0.574. The fourth-order valence-electron chi connectivity index (χ4n) is 12.1. The van der Waals surface area contributed by atoms with Gasteiger partial charge >= 0.3 is 0 Å². The molecule has 0 rings (SSSR count). The van der Waals surface area contributed by atoms with Crippen molar-refractivity contribution in [2.24, 2.45) is 0 Å². The van der Waals surface area contributed by atoms with Gasteiger partial charge in [0.15, 0.2) is 0 Å². The predicted octanol–water partition coefficient (Wildman–Crippen LogP) is 22.7. The van der Waals surface area contributed by atoms with E-state index in [1.54, 1.807) is 0 Å². The summed E-state index contributed by atoms with van der Waals surface area (Å²) >= 11 is 0. The quantitative estimate of drug-likeness (QED) is 0.0308. The van der Waals surface area contributed by atoms with Crippen LogP contribution in [0.5, 0.6) is 0 Å². The number of aliphatic hydroxyl groups excluding tert-OH is 4. The molecule has 0 bridgehead atoms. The Morgan fingerprint density at radius 1 is 0.304 bits per heavy atom. The van der Waals surface area contributed by atoms with Gasteiger partial charge in [0, 0.05) is 0 Å². The van der Waals surface area contributed by atoms with Gasteiger partial charge in [0.2, 0.25) is 5.91 Å². The molecule has 4 atom stereocenters. The SMILES string of the molecule is CCCCCCCCCCCCCCCC/C=C\CCCCCCCCCCCCCCCCCCC(O)C(=O)NC(CO)C(O)C(O)CCCCCCCCCCCCCCCCCCCCCCCCCCCCCCC. The van der Waals surface area contributed by atoms with Crippen molar-refractivity contribution in [1.82, 2.24) is 5.32 Å². The van der Waals surface area contributed by atoms with Crippen LogP contribution in [0.3, 0.4) is 0 Å². The molecule has 472 valence electrons. The van der Waals surface area contributed by atoms with Crippen molar-refractivity contribution in [1.29, 1.82) is 0 Å². The Hall–Kier alpha value is -0.950. The molecule has 0 saturated carbocycles. The molecule has 0 spiro atoms. The Balaban J connectivity index is 3.51. The fraction of sp³-hybridized carbons (Fsp3) is 0.959. The normalized spacial score (nSPS) is 13.4. The third-order valence-corrected chi connectivity index (χ3v) is 17.7. The van der Waals surface area contributed by atoms with E-state index in [0.717, 1.165) is 38.5 Å². The summed E-state index contributed by atoms with van der Waals surface area (Å²) in [6.45, 7) is 4.12. The van der Waals surface area contributed by atoms with Crippen molar-refractivity contribution in [2.45, 2.75) is 443 Å². The molecule has 0 radical (unpaired) electrons. The van der Waals surface area contributed by atoms with Crippen molar-refractivity contribution >= 4 is 5.91 Å². The number of unbranched alkanes of at least 4 members (excludes halogenated alkanes) is 58. The topological polar surface area (TPSA) is 110 Å². The predicted molar refractivity (Wildman–Crippen MR) is 348 cm³/mol. The third kappa shape index (κ3) is 61.4. The summed E-state index contributed by atoms with van der Waals surface area (Å²) in [5, 5.41) is 44.3. The lowest BCUT2D eigenvalue weighted by Crippen LogP contribution is -2.53. The highest BCUT2D eigenvalue weighted by Crippen LogP contribution is 2.20. The van der Waals surface area contributed by atoms with Gasteiger partial charge in [0.05, 0.1) is 18.8 Å². The van der Waals surface area contributed by atoms with E-state index in [1.165, 1.54) is 353 Å². The van der Waals surface area contributed by atoms with Gasteiger partial charge in [-0.25, -0.2) is 0 Å². The summed E-state index contributed by atoms with van der Waals surface area (Å²) in [5.41, 5.74) is 0. The van der Waals surface area contributed by atoms with E-state index in [1.807, 2.05) is 0 Å². The second kappa shape index (κ2) is 67.8. The van der Waals surface area contributed by atoms with Crippen LogP contribution >= 0.6 is 0 Å². The van der Waals surface area contributed by atoms with Crippen LogP contribution in [0.2, 0.25) is 0 Å². The van der Waals surface area contributed by atoms with E-state index >= 15 is 0 Å². The first kappa shape index (κ1) is 78.0. The second-order valence-corrected chi connectivity index (χ2v) is 25.7. The van der Waals surface area contributed by atoms with E-state index in [9.17, 15) is 25.2 Å². The molecule has 1 amide bonds. The standard InChI is InChI=1S/C73H145NO5/c1-3-5-7-9-11-13-15-17-19-21-23-25-27-29-31-33-34-35-36-37-39-41-43-45-47-49-51-53-55-57-59-61-63-65-67-71(77)73(79)74-69(68-75)72(78)70(76)66-64-62-60-58-56-54-52-50-48-46-44-42-40-38-32-30-28-26-24-22-20-18-16-14-12-10-8-6-4-2/h33-34,69-72,75-78H,3-32,35-68H2,1-2H3,(H,74,79)/b34-33-. The lowest BCUT2D eigenvalue weighted by atomic mass is 9.99. The zero-order chi connectivity index (χ0) is 57.3. The van der Waals surface area contributed by atoms with E-state index in [-0.39, 0.29) is 0 Å². The van der Waals surface area contributed by atoms with Crippen LogP contribution in [-0.4, -0.2) is 57.3 Å². The molecule has 6 nitrogen and oxygen atoms in total. The van der Waals surface area contributed by atoms with Gasteiger partial charge in [0.25, 0.3) is 0 Å². The van der Waals surface area contributed by atoms with E-state index < -0.39 is 36.9 Å². The number of amides is 1. The summed E-state index contributed by atoms with van der Waals surface area (Å²) in [6.07, 6.45) is 85.0. The maximum atomic E-state index is 12.7. The largest absolute Gasteiger partial charge is 0.394 e. The first-order valence-electron chi connectivity index (χ1n) is 36.6. The minimum Gasteiger partial charge on any atom is -0.394 e. The minimum atomic E-state index is -1.26. The number of allylic oxidation sites excluding steroid dienone is 2. The molecular formula is C73H145NO5. The molecule has 5 N–H and O–H groups in total. The van der Waals surface area contributed by atoms with Gasteiger partial charge in [0.1, 0.15) is 12.2 Å². The first-order chi connectivity index (χ1) is 39.0. The number of aliphatic hydroxyl groups is 4. The van der Waals surface area contributed by atoms with Gasteiger partial charge < -0.3 is 25.7 Å². The molecule has 0 heterocycles. The molecule has 4 unspecified atom stereocenters. The van der Waals surface area contributed by atoms with E-state index in [4.69, 9.17) is 0 Å². The molecule has 0 aliphatic heterocycles. The van der Waals surface area contributed by atoms with Crippen LogP contribution < -0.4 is 5.32 Å². The maximum Gasteiger partial charge on any atom is 0.249 e. The van der Waals surface area contributed by atoms with Crippen LogP contribution in [0.15, 0.2) is 12.2 Å². The Morgan fingerprint density at radius 3 is 0.734 bits per heavy atom. The Morgan fingerprint density at radius 2 is 0.506 bits per heavy atom. The highest BCUT2D eigenvalue weighted by Gasteiger charge is 2.28. The molecule has 0 fully saturated rings. The zero-order valence-electron chi connectivity index (χ0n) is 53.9. The van der Waals surface area contributed by atoms with E-state index in [0.29, 0.717) is 12.8 Å². The molecule has 0 aromatic rings. The van der Waals surface area contributed by atoms with Crippen LogP contribution in [0.4, 0.5) is 0 Å². The lowest BCUT2D eigenvalue weighted by molar-refractivity contribution is -0.132. The van der Waals surface area contributed by atoms with Crippen LogP contribution in [-0.2, 0) is 4.79 Å². The van der Waals surface area contributed by atoms with Gasteiger partial charge in [-0.05, 0) is 38.5 Å². The molecule has 0 saturated heterocycles. The Labute approximate surface area is 495 Å². The Bertz CT molecular complexity index is 1160. The van der Waals surface area contributed by atoms with Crippen LogP contribution in [0, 0.1) is 0 Å². The lowest BCUT2D eigenvalue weighted by Gasteiger charge is -2.27. The molecule has 0 aliphatic carbocycles. The van der Waals surface area contributed by atoms with Crippen LogP contribution in [0.1, 0.15) is 418 Å². The highest BCUT2D eigenvalue weighted by molar-refractivity contribution is 5.80. The van der Waals surface area contributed by atoms with Crippen molar-refractivity contribution in [3.63, 3.8) is 0 Å². The number of carbonyl (C=O) groups excluding carboxylic acids is 1. The highest BCUT2D eigenvalue weighted by atomic mass is 16.3.